The van der Waals surface area contributed by atoms with Gasteiger partial charge in [0.25, 0.3) is 0 Å². The summed E-state index contributed by atoms with van der Waals surface area (Å²) in [4.78, 5) is 8.52. The molecule has 205 valence electrons. The molecule has 0 unspecified atom stereocenters. The van der Waals surface area contributed by atoms with Gasteiger partial charge in [0, 0.05) is 46.1 Å². The van der Waals surface area contributed by atoms with Crippen molar-refractivity contribution in [2.24, 2.45) is 0 Å². The molecule has 0 atom stereocenters. The maximum absolute atomic E-state index is 7.70. The third kappa shape index (κ3) is 5.23. The van der Waals surface area contributed by atoms with Gasteiger partial charge in [-0.2, -0.15) is 0 Å². The normalized spacial score (nSPS) is 13.6. The van der Waals surface area contributed by atoms with Crippen LogP contribution in [0.25, 0.3) is 66.0 Å². The maximum Gasteiger partial charge on any atom is 0.121 e. The molecular weight excluding hydrogens is 693 g/mol. The number of aryl methyl sites for hydroxylation is 2. The number of nitrogens with zero attached hydrogens (tertiary/aromatic N) is 2. The first-order valence-electron chi connectivity index (χ1n) is 16.2. The molecule has 0 aliphatic carbocycles. The van der Waals surface area contributed by atoms with E-state index in [4.69, 9.17) is 12.6 Å². The van der Waals surface area contributed by atoms with Gasteiger partial charge in [-0.3, -0.25) is 0 Å². The second-order valence-corrected chi connectivity index (χ2v) is 9.69. The van der Waals surface area contributed by atoms with Gasteiger partial charge in [-0.1, -0.05) is 71.1 Å². The molecular formula is C38H26IrN2O-2. The van der Waals surface area contributed by atoms with Gasteiger partial charge in [-0.15, -0.1) is 54.1 Å². The fourth-order valence-electron chi connectivity index (χ4n) is 5.11. The minimum atomic E-state index is -2.20. The summed E-state index contributed by atoms with van der Waals surface area (Å²) in [6.07, 6.45) is 2.91. The summed E-state index contributed by atoms with van der Waals surface area (Å²) >= 11 is 0. The average Bonchev–Trinajstić information content (AvgIpc) is 3.45. The molecule has 1 radical (unpaired) electrons. The SMILES string of the molecule is [2H]C([2H])([2H])c1ccc(-c2[c-]cccc2)nc1.[2H]C([2H])([2H])c1ccnc(-c2[c-]ccc3c2oc2cc4c(ccc5ccccc54)cc23)c1.[Ir]. The third-order valence-corrected chi connectivity index (χ3v) is 7.06. The van der Waals surface area contributed by atoms with Crippen molar-refractivity contribution in [1.29, 1.82) is 0 Å². The predicted molar refractivity (Wildman–Crippen MR) is 169 cm³/mol. The van der Waals surface area contributed by atoms with Crippen LogP contribution in [0.4, 0.5) is 0 Å². The minimum Gasteiger partial charge on any atom is -0.501 e. The van der Waals surface area contributed by atoms with Crippen molar-refractivity contribution in [2.45, 2.75) is 13.7 Å². The van der Waals surface area contributed by atoms with Crippen molar-refractivity contribution in [3.8, 4) is 22.5 Å². The van der Waals surface area contributed by atoms with E-state index in [1.54, 1.807) is 24.3 Å². The van der Waals surface area contributed by atoms with Crippen molar-refractivity contribution in [3.63, 3.8) is 0 Å². The molecule has 0 spiro atoms. The molecule has 0 bridgehead atoms. The van der Waals surface area contributed by atoms with E-state index < -0.39 is 13.7 Å². The molecule has 8 rings (SSSR count). The molecule has 4 heteroatoms. The summed E-state index contributed by atoms with van der Waals surface area (Å²) in [6, 6.07) is 40.7. The molecule has 42 heavy (non-hydrogen) atoms. The van der Waals surface area contributed by atoms with E-state index in [9.17, 15) is 0 Å². The molecule has 0 saturated heterocycles. The molecule has 0 aliphatic rings. The quantitative estimate of drug-likeness (QED) is 0.132. The number of aromatic nitrogens is 2. The van der Waals surface area contributed by atoms with Crippen molar-refractivity contribution in [2.75, 3.05) is 0 Å². The molecule has 8 aromatic rings. The molecule has 3 nitrogen and oxygen atoms in total. The Morgan fingerprint density at radius 2 is 1.52 bits per heavy atom. The smallest absolute Gasteiger partial charge is 0.121 e. The molecule has 5 aromatic carbocycles. The molecule has 3 aromatic heterocycles. The standard InChI is InChI=1S/C26H16NO.C12H10N.Ir/c1-16-11-12-27-24(13-16)21-8-4-7-20-23-14-18-10-9-17-5-2-3-6-19(17)22(18)15-25(23)28-26(20)21;1-10-7-8-12(13-9-10)11-5-3-2-4-6-11;/h2-7,9-15H,1H3;2-5,7-9H,1H3;/q2*-1;/i2*1D3;. The Balaban J connectivity index is 0.000000201. The van der Waals surface area contributed by atoms with Crippen molar-refractivity contribution < 1.29 is 32.7 Å². The van der Waals surface area contributed by atoms with Gasteiger partial charge in [0.15, 0.2) is 0 Å². The van der Waals surface area contributed by atoms with Crippen LogP contribution < -0.4 is 0 Å². The van der Waals surface area contributed by atoms with Crippen LogP contribution in [-0.2, 0) is 20.1 Å². The first-order chi connectivity index (χ1) is 22.6. The Labute approximate surface area is 266 Å². The molecule has 0 aliphatic heterocycles. The second kappa shape index (κ2) is 11.7. The second-order valence-electron chi connectivity index (χ2n) is 9.69. The van der Waals surface area contributed by atoms with Crippen LogP contribution in [0.1, 0.15) is 19.4 Å². The van der Waals surface area contributed by atoms with E-state index >= 15 is 0 Å². The van der Waals surface area contributed by atoms with E-state index in [1.165, 1.54) is 29.2 Å². The van der Waals surface area contributed by atoms with E-state index in [0.29, 0.717) is 16.8 Å². The van der Waals surface area contributed by atoms with E-state index in [1.807, 2.05) is 42.5 Å². The van der Waals surface area contributed by atoms with Gasteiger partial charge >= 0.3 is 0 Å². The number of hydrogen-bond donors (Lipinski definition) is 0. The number of hydrogen-bond acceptors (Lipinski definition) is 3. The van der Waals surface area contributed by atoms with Crippen LogP contribution in [0.3, 0.4) is 0 Å². The Morgan fingerprint density at radius 3 is 2.36 bits per heavy atom. The van der Waals surface area contributed by atoms with Gasteiger partial charge in [-0.05, 0) is 70.4 Å². The number of pyridine rings is 2. The first kappa shape index (κ1) is 21.1. The van der Waals surface area contributed by atoms with Crippen LogP contribution in [-0.4, -0.2) is 9.97 Å². The fourth-order valence-corrected chi connectivity index (χ4v) is 5.11. The van der Waals surface area contributed by atoms with Crippen LogP contribution in [0.2, 0.25) is 0 Å². The summed E-state index contributed by atoms with van der Waals surface area (Å²) in [5.74, 6) is 0. The summed E-state index contributed by atoms with van der Waals surface area (Å²) in [7, 11) is 0. The Kier molecular flexibility index (Phi) is 5.88. The summed E-state index contributed by atoms with van der Waals surface area (Å²) in [5, 5.41) is 6.62. The minimum absolute atomic E-state index is 0. The Hall–Kier alpha value is -4.63. The van der Waals surface area contributed by atoms with Crippen molar-refractivity contribution in [1.82, 2.24) is 9.97 Å². The fraction of sp³-hybridized carbons (Fsp3) is 0.0526. The number of fused-ring (bicyclic) bond motifs is 6. The van der Waals surface area contributed by atoms with E-state index in [0.717, 1.165) is 38.4 Å². The van der Waals surface area contributed by atoms with Gasteiger partial charge in [-0.25, -0.2) is 0 Å². The largest absolute Gasteiger partial charge is 0.501 e. The summed E-state index contributed by atoms with van der Waals surface area (Å²) in [5.41, 5.74) is 4.73. The van der Waals surface area contributed by atoms with Gasteiger partial charge in [0.2, 0.25) is 0 Å². The molecule has 3 heterocycles. The Morgan fingerprint density at radius 1 is 0.643 bits per heavy atom. The zero-order valence-corrected chi connectivity index (χ0v) is 24.6. The molecule has 0 amide bonds. The summed E-state index contributed by atoms with van der Waals surface area (Å²) in [6.45, 7) is -4.29. The maximum atomic E-state index is 7.70. The van der Waals surface area contributed by atoms with Crippen molar-refractivity contribution in [3.05, 3.63) is 145 Å². The number of benzene rings is 5. The van der Waals surface area contributed by atoms with Crippen LogP contribution in [0, 0.1) is 25.8 Å². The van der Waals surface area contributed by atoms with Crippen LogP contribution >= 0.6 is 0 Å². The average molecular weight is 725 g/mol. The van der Waals surface area contributed by atoms with Gasteiger partial charge < -0.3 is 14.4 Å². The Bertz CT molecular complexity index is 2390. The third-order valence-electron chi connectivity index (χ3n) is 7.06. The molecule has 0 fully saturated rings. The predicted octanol–water partition coefficient (Wildman–Crippen LogP) is 9.92. The topological polar surface area (TPSA) is 38.9 Å². The zero-order chi connectivity index (χ0) is 32.8. The molecule has 0 saturated carbocycles. The number of furan rings is 1. The monoisotopic (exact) mass is 725 g/mol. The summed E-state index contributed by atoms with van der Waals surface area (Å²) < 4.78 is 51.1. The van der Waals surface area contributed by atoms with Crippen LogP contribution in [0.15, 0.2) is 126 Å². The molecule has 0 N–H and O–H groups in total. The van der Waals surface area contributed by atoms with E-state index in [2.05, 4.69) is 58.5 Å². The van der Waals surface area contributed by atoms with Crippen LogP contribution in [0.5, 0.6) is 0 Å². The zero-order valence-electron chi connectivity index (χ0n) is 28.2. The van der Waals surface area contributed by atoms with Crippen molar-refractivity contribution >= 4 is 43.5 Å². The van der Waals surface area contributed by atoms with Gasteiger partial charge in [0.05, 0.1) is 5.58 Å². The number of rotatable bonds is 2. The first-order valence-corrected chi connectivity index (χ1v) is 13.2. The van der Waals surface area contributed by atoms with E-state index in [-0.39, 0.29) is 31.2 Å². The van der Waals surface area contributed by atoms with Gasteiger partial charge in [0.1, 0.15) is 5.58 Å².